The molecule has 164 valence electrons. The van der Waals surface area contributed by atoms with Gasteiger partial charge in [0.1, 0.15) is 11.6 Å². The lowest BCUT2D eigenvalue weighted by Crippen LogP contribution is -2.34. The van der Waals surface area contributed by atoms with Crippen LogP contribution in [0.1, 0.15) is 18.5 Å². The Morgan fingerprint density at radius 2 is 1.42 bits per heavy atom. The van der Waals surface area contributed by atoms with Crippen molar-refractivity contribution >= 4 is 15.7 Å². The van der Waals surface area contributed by atoms with Gasteiger partial charge in [0.2, 0.25) is 0 Å². The fourth-order valence-electron chi connectivity index (χ4n) is 3.39. The first-order valence-corrected chi connectivity index (χ1v) is 10.9. The fourth-order valence-corrected chi connectivity index (χ4v) is 5.02. The molecular weight excluding hydrogens is 421 g/mol. The Labute approximate surface area is 181 Å². The van der Waals surface area contributed by atoms with Gasteiger partial charge < -0.3 is 14.2 Å². The van der Waals surface area contributed by atoms with Crippen molar-refractivity contribution in [3.63, 3.8) is 0 Å². The number of sulfonamides is 1. The summed E-state index contributed by atoms with van der Waals surface area (Å²) in [5.74, 6) is 0.881. The second-order valence-electron chi connectivity index (χ2n) is 6.71. The van der Waals surface area contributed by atoms with Gasteiger partial charge >= 0.3 is 0 Å². The monoisotopic (exact) mass is 445 g/mol. The molecule has 0 saturated heterocycles. The zero-order valence-electron chi connectivity index (χ0n) is 17.7. The van der Waals surface area contributed by atoms with Crippen molar-refractivity contribution in [1.82, 2.24) is 0 Å². The Morgan fingerprint density at radius 3 is 2.03 bits per heavy atom. The number of halogens is 1. The molecule has 0 fully saturated rings. The van der Waals surface area contributed by atoms with Crippen molar-refractivity contribution in [3.8, 4) is 17.2 Å². The molecule has 3 aromatic carbocycles. The van der Waals surface area contributed by atoms with E-state index < -0.39 is 21.9 Å². The zero-order chi connectivity index (χ0) is 22.6. The molecule has 0 saturated carbocycles. The summed E-state index contributed by atoms with van der Waals surface area (Å²) in [5.41, 5.74) is 1.03. The van der Waals surface area contributed by atoms with Gasteiger partial charge in [0.25, 0.3) is 10.0 Å². The highest BCUT2D eigenvalue weighted by atomic mass is 32.2. The Bertz CT molecular complexity index is 1150. The summed E-state index contributed by atoms with van der Waals surface area (Å²) in [6, 6.07) is 16.1. The Kier molecular flexibility index (Phi) is 6.70. The Morgan fingerprint density at radius 1 is 0.806 bits per heavy atom. The van der Waals surface area contributed by atoms with Crippen molar-refractivity contribution in [1.29, 1.82) is 0 Å². The molecular formula is C23H24FNO5S. The summed E-state index contributed by atoms with van der Waals surface area (Å²) >= 11 is 0. The summed E-state index contributed by atoms with van der Waals surface area (Å²) in [6.45, 7) is 1.76. The molecule has 8 heteroatoms. The SMILES string of the molecule is COc1ccc(N(C(C)c2ccccc2OC)S(=O)(=O)c2ccc(F)cc2)cc1OC. The maximum absolute atomic E-state index is 13.7. The molecule has 0 heterocycles. The highest BCUT2D eigenvalue weighted by Gasteiger charge is 2.32. The molecule has 0 spiro atoms. The van der Waals surface area contributed by atoms with E-state index in [-0.39, 0.29) is 4.90 Å². The molecule has 3 rings (SSSR count). The van der Waals surface area contributed by atoms with Gasteiger partial charge in [-0.05, 0) is 49.4 Å². The molecule has 1 unspecified atom stereocenters. The maximum Gasteiger partial charge on any atom is 0.264 e. The second kappa shape index (κ2) is 9.26. The van der Waals surface area contributed by atoms with Crippen molar-refractivity contribution in [2.45, 2.75) is 17.9 Å². The third-order valence-electron chi connectivity index (χ3n) is 4.93. The summed E-state index contributed by atoms with van der Waals surface area (Å²) in [4.78, 5) is -0.0366. The molecule has 0 N–H and O–H groups in total. The van der Waals surface area contributed by atoms with Gasteiger partial charge in [-0.25, -0.2) is 12.8 Å². The maximum atomic E-state index is 13.7. The third-order valence-corrected chi connectivity index (χ3v) is 6.85. The molecule has 0 amide bonds. The summed E-state index contributed by atoms with van der Waals surface area (Å²) in [6.07, 6.45) is 0. The van der Waals surface area contributed by atoms with E-state index in [9.17, 15) is 12.8 Å². The predicted octanol–water partition coefficient (Wildman–Crippen LogP) is 4.81. The first kappa shape index (κ1) is 22.4. The first-order chi connectivity index (χ1) is 14.8. The number of anilines is 1. The van der Waals surface area contributed by atoms with Crippen molar-refractivity contribution in [2.75, 3.05) is 25.6 Å². The number of hydrogen-bond donors (Lipinski definition) is 0. The number of rotatable bonds is 8. The van der Waals surface area contributed by atoms with E-state index in [4.69, 9.17) is 14.2 Å². The molecule has 0 aliphatic carbocycles. The molecule has 3 aromatic rings. The van der Waals surface area contributed by atoms with Crippen LogP contribution < -0.4 is 18.5 Å². The van der Waals surface area contributed by atoms with Crippen LogP contribution in [0.2, 0.25) is 0 Å². The van der Waals surface area contributed by atoms with Crippen LogP contribution in [0, 0.1) is 5.82 Å². The summed E-state index contributed by atoms with van der Waals surface area (Å²) in [7, 11) is 0.434. The van der Waals surface area contributed by atoms with E-state index in [1.54, 1.807) is 37.3 Å². The molecule has 0 radical (unpaired) electrons. The number of nitrogens with zero attached hydrogens (tertiary/aromatic N) is 1. The van der Waals surface area contributed by atoms with E-state index in [1.165, 1.54) is 37.8 Å². The minimum atomic E-state index is -4.07. The van der Waals surface area contributed by atoms with E-state index in [0.29, 0.717) is 28.5 Å². The highest BCUT2D eigenvalue weighted by Crippen LogP contribution is 2.40. The minimum absolute atomic E-state index is 0.0366. The van der Waals surface area contributed by atoms with E-state index >= 15 is 0 Å². The average Bonchev–Trinajstić information content (AvgIpc) is 2.79. The van der Waals surface area contributed by atoms with Gasteiger partial charge in [-0.3, -0.25) is 4.31 Å². The van der Waals surface area contributed by atoms with Gasteiger partial charge in [-0.2, -0.15) is 0 Å². The zero-order valence-corrected chi connectivity index (χ0v) is 18.5. The third kappa shape index (κ3) is 4.44. The molecule has 0 aliphatic heterocycles. The minimum Gasteiger partial charge on any atom is -0.496 e. The van der Waals surface area contributed by atoms with Crippen LogP contribution in [0.3, 0.4) is 0 Å². The lowest BCUT2D eigenvalue weighted by atomic mass is 10.1. The molecule has 1 atom stereocenters. The van der Waals surface area contributed by atoms with Crippen LogP contribution in [0.5, 0.6) is 17.2 Å². The van der Waals surface area contributed by atoms with E-state index in [2.05, 4.69) is 0 Å². The normalized spacial score (nSPS) is 12.2. The average molecular weight is 446 g/mol. The number of hydrogen-bond acceptors (Lipinski definition) is 5. The van der Waals surface area contributed by atoms with Crippen molar-refractivity contribution in [2.24, 2.45) is 0 Å². The van der Waals surface area contributed by atoms with Gasteiger partial charge in [0, 0.05) is 11.6 Å². The van der Waals surface area contributed by atoms with Crippen LogP contribution in [0.15, 0.2) is 71.6 Å². The van der Waals surface area contributed by atoms with Gasteiger partial charge in [-0.1, -0.05) is 18.2 Å². The van der Waals surface area contributed by atoms with Crippen LogP contribution >= 0.6 is 0 Å². The van der Waals surface area contributed by atoms with Crippen LogP contribution in [0.4, 0.5) is 10.1 Å². The summed E-state index contributed by atoms with van der Waals surface area (Å²) < 4.78 is 58.2. The first-order valence-electron chi connectivity index (χ1n) is 9.48. The molecule has 0 aliphatic rings. The molecule has 31 heavy (non-hydrogen) atoms. The number of methoxy groups -OCH3 is 3. The van der Waals surface area contributed by atoms with Crippen LogP contribution in [0.25, 0.3) is 0 Å². The topological polar surface area (TPSA) is 65.1 Å². The van der Waals surface area contributed by atoms with E-state index in [1.807, 2.05) is 12.1 Å². The lowest BCUT2D eigenvalue weighted by molar-refractivity contribution is 0.355. The highest BCUT2D eigenvalue weighted by molar-refractivity contribution is 7.92. The van der Waals surface area contributed by atoms with Crippen LogP contribution in [-0.2, 0) is 10.0 Å². The molecule has 6 nitrogen and oxygen atoms in total. The number of ether oxygens (including phenoxy) is 3. The summed E-state index contributed by atoms with van der Waals surface area (Å²) in [5, 5.41) is 0. The molecule has 0 bridgehead atoms. The van der Waals surface area contributed by atoms with Gasteiger partial charge in [0.05, 0.1) is 38.0 Å². The van der Waals surface area contributed by atoms with Crippen molar-refractivity contribution < 1.29 is 27.0 Å². The van der Waals surface area contributed by atoms with Gasteiger partial charge in [-0.15, -0.1) is 0 Å². The quantitative estimate of drug-likeness (QED) is 0.498. The van der Waals surface area contributed by atoms with Crippen molar-refractivity contribution in [3.05, 3.63) is 78.1 Å². The smallest absolute Gasteiger partial charge is 0.264 e. The lowest BCUT2D eigenvalue weighted by Gasteiger charge is -2.32. The fraction of sp³-hybridized carbons (Fsp3) is 0.217. The number of para-hydroxylation sites is 1. The second-order valence-corrected chi connectivity index (χ2v) is 8.53. The largest absolute Gasteiger partial charge is 0.496 e. The molecule has 0 aromatic heterocycles. The standard InChI is InChI=1S/C23H24FNO5S/c1-16(20-7-5-6-8-21(20)28-2)25(18-11-14-22(29-3)23(15-18)30-4)31(26,27)19-12-9-17(24)10-13-19/h5-16H,1-4H3. The van der Waals surface area contributed by atoms with Gasteiger partial charge in [0.15, 0.2) is 11.5 Å². The predicted molar refractivity (Wildman–Crippen MR) is 117 cm³/mol. The Balaban J connectivity index is 2.22. The van der Waals surface area contributed by atoms with Crippen LogP contribution in [-0.4, -0.2) is 29.7 Å². The number of benzene rings is 3. The Hall–Kier alpha value is -3.26. The van der Waals surface area contributed by atoms with E-state index in [0.717, 1.165) is 12.1 Å².